The predicted octanol–water partition coefficient (Wildman–Crippen LogP) is 3.54. The summed E-state index contributed by atoms with van der Waals surface area (Å²) in [4.78, 5) is 28.4. The van der Waals surface area contributed by atoms with E-state index in [0.29, 0.717) is 33.2 Å². The summed E-state index contributed by atoms with van der Waals surface area (Å²) in [5.74, 6) is 0.539. The highest BCUT2D eigenvalue weighted by atomic mass is 35.5. The number of thioether (sulfide) groups is 1. The van der Waals surface area contributed by atoms with Gasteiger partial charge in [-0.15, -0.1) is 21.5 Å². The number of para-hydroxylation sites is 1. The lowest BCUT2D eigenvalue weighted by molar-refractivity contribution is -0.116. The third-order valence-corrected chi connectivity index (χ3v) is 6.07. The van der Waals surface area contributed by atoms with E-state index in [2.05, 4.69) is 25.8 Å². The quantitative estimate of drug-likeness (QED) is 0.509. The highest BCUT2D eigenvalue weighted by molar-refractivity contribution is 7.99. The Morgan fingerprint density at radius 3 is 2.72 bits per heavy atom. The van der Waals surface area contributed by atoms with Crippen molar-refractivity contribution in [3.05, 3.63) is 46.2 Å². The van der Waals surface area contributed by atoms with Gasteiger partial charge in [-0.3, -0.25) is 9.59 Å². The Morgan fingerprint density at radius 1 is 1.21 bits per heavy atom. The molecule has 2 aromatic heterocycles. The number of anilines is 2. The molecular formula is C18H19ClN6O2S2. The zero-order chi connectivity index (χ0) is 20.8. The van der Waals surface area contributed by atoms with Crippen LogP contribution in [-0.2, 0) is 23.1 Å². The molecular weight excluding hydrogens is 432 g/mol. The zero-order valence-electron chi connectivity index (χ0n) is 15.8. The van der Waals surface area contributed by atoms with Crippen LogP contribution in [0.2, 0.25) is 5.02 Å². The number of thiazole rings is 1. The number of nitrogens with zero attached hydrogens (tertiary/aromatic N) is 4. The maximum Gasteiger partial charge on any atom is 0.236 e. The van der Waals surface area contributed by atoms with Gasteiger partial charge in [-0.1, -0.05) is 35.5 Å². The van der Waals surface area contributed by atoms with Gasteiger partial charge in [0, 0.05) is 25.3 Å². The minimum atomic E-state index is -0.159. The van der Waals surface area contributed by atoms with Gasteiger partial charge in [0.1, 0.15) is 5.82 Å². The predicted molar refractivity (Wildman–Crippen MR) is 116 cm³/mol. The second kappa shape index (κ2) is 9.86. The number of nitrogens with one attached hydrogen (secondary N) is 2. The van der Waals surface area contributed by atoms with E-state index < -0.39 is 0 Å². The molecule has 3 aromatic rings. The number of carbonyl (C=O) groups excluding carboxylic acids is 2. The molecule has 0 bridgehead atoms. The van der Waals surface area contributed by atoms with Crippen molar-refractivity contribution in [2.75, 3.05) is 16.4 Å². The number of amides is 2. The van der Waals surface area contributed by atoms with Gasteiger partial charge < -0.3 is 15.2 Å². The van der Waals surface area contributed by atoms with Crippen molar-refractivity contribution in [1.82, 2.24) is 19.7 Å². The lowest BCUT2D eigenvalue weighted by Crippen LogP contribution is -2.15. The first kappa shape index (κ1) is 21.3. The second-order valence-electron chi connectivity index (χ2n) is 6.12. The van der Waals surface area contributed by atoms with Gasteiger partial charge in [0.2, 0.25) is 11.8 Å². The molecule has 0 radical (unpaired) electrons. The Bertz CT molecular complexity index is 1020. The van der Waals surface area contributed by atoms with Crippen molar-refractivity contribution in [3.63, 3.8) is 0 Å². The van der Waals surface area contributed by atoms with Crippen molar-refractivity contribution in [2.45, 2.75) is 24.9 Å². The van der Waals surface area contributed by atoms with Crippen LogP contribution in [-0.4, -0.2) is 37.3 Å². The van der Waals surface area contributed by atoms with Gasteiger partial charge in [-0.25, -0.2) is 4.98 Å². The first-order valence-electron chi connectivity index (χ1n) is 8.70. The highest BCUT2D eigenvalue weighted by Gasteiger charge is 2.14. The minimum absolute atomic E-state index is 0.159. The topological polar surface area (TPSA) is 102 Å². The van der Waals surface area contributed by atoms with Gasteiger partial charge in [-0.05, 0) is 19.1 Å². The molecule has 0 spiro atoms. The molecule has 1 aromatic carbocycles. The fraction of sp³-hybridized carbons (Fsp3) is 0.278. The van der Waals surface area contributed by atoms with Crippen LogP contribution in [0.15, 0.2) is 34.8 Å². The molecule has 2 heterocycles. The number of aryl methyl sites for hydroxylation is 2. The smallest absolute Gasteiger partial charge is 0.236 e. The standard InChI is InChI=1S/C18H19ClN6O2S2/c1-11-9-28-17(20-11)22-16(27)10-29-18-24-23-14(25(18)2)7-8-15(26)21-13-6-4-3-5-12(13)19/h3-6,9H,7-8,10H2,1-2H3,(H,21,26)(H,20,22,27). The van der Waals surface area contributed by atoms with E-state index in [-0.39, 0.29) is 24.0 Å². The summed E-state index contributed by atoms with van der Waals surface area (Å²) in [6, 6.07) is 7.07. The normalized spacial score (nSPS) is 10.7. The third-order valence-electron chi connectivity index (χ3n) is 3.85. The fourth-order valence-electron chi connectivity index (χ4n) is 2.39. The zero-order valence-corrected chi connectivity index (χ0v) is 18.2. The average molecular weight is 451 g/mol. The summed E-state index contributed by atoms with van der Waals surface area (Å²) in [6.45, 7) is 1.87. The molecule has 0 aliphatic rings. The summed E-state index contributed by atoms with van der Waals surface area (Å²) in [5, 5.41) is 17.3. The SMILES string of the molecule is Cc1csc(NC(=O)CSc2nnc(CCC(=O)Nc3ccccc3Cl)n2C)n1. The van der Waals surface area contributed by atoms with Gasteiger partial charge in [0.15, 0.2) is 10.3 Å². The van der Waals surface area contributed by atoms with Gasteiger partial charge in [0.25, 0.3) is 0 Å². The molecule has 0 saturated carbocycles. The van der Waals surface area contributed by atoms with Crippen LogP contribution in [0.25, 0.3) is 0 Å². The van der Waals surface area contributed by atoms with Crippen molar-refractivity contribution in [1.29, 1.82) is 0 Å². The number of aromatic nitrogens is 4. The maximum absolute atomic E-state index is 12.2. The lowest BCUT2D eigenvalue weighted by Gasteiger charge is -2.07. The molecule has 0 aliphatic heterocycles. The van der Waals surface area contributed by atoms with Crippen molar-refractivity contribution in [2.24, 2.45) is 7.05 Å². The molecule has 0 unspecified atom stereocenters. The van der Waals surface area contributed by atoms with E-state index in [1.54, 1.807) is 28.8 Å². The number of carbonyl (C=O) groups is 2. The van der Waals surface area contributed by atoms with Crippen LogP contribution in [0.5, 0.6) is 0 Å². The number of hydrogen-bond donors (Lipinski definition) is 2. The molecule has 11 heteroatoms. The van der Waals surface area contributed by atoms with E-state index in [1.165, 1.54) is 23.1 Å². The molecule has 8 nitrogen and oxygen atoms in total. The van der Waals surface area contributed by atoms with Crippen molar-refractivity contribution in [3.8, 4) is 0 Å². The van der Waals surface area contributed by atoms with Gasteiger partial charge in [-0.2, -0.15) is 0 Å². The van der Waals surface area contributed by atoms with E-state index >= 15 is 0 Å². The van der Waals surface area contributed by atoms with Crippen LogP contribution < -0.4 is 10.6 Å². The summed E-state index contributed by atoms with van der Waals surface area (Å²) in [6.07, 6.45) is 0.663. The Labute approximate surface area is 181 Å². The van der Waals surface area contributed by atoms with Crippen LogP contribution in [0.1, 0.15) is 17.9 Å². The fourth-order valence-corrected chi connectivity index (χ4v) is 4.00. The molecule has 152 valence electrons. The van der Waals surface area contributed by atoms with E-state index in [4.69, 9.17) is 11.6 Å². The first-order chi connectivity index (χ1) is 13.9. The Kier molecular flexibility index (Phi) is 7.24. The largest absolute Gasteiger partial charge is 0.325 e. The Balaban J connectivity index is 1.48. The molecule has 2 N–H and O–H groups in total. The number of rotatable bonds is 8. The number of hydrogen-bond acceptors (Lipinski definition) is 7. The second-order valence-corrected chi connectivity index (χ2v) is 8.32. The summed E-state index contributed by atoms with van der Waals surface area (Å²) in [7, 11) is 1.81. The maximum atomic E-state index is 12.2. The molecule has 0 fully saturated rings. The Morgan fingerprint density at radius 2 is 2.00 bits per heavy atom. The van der Waals surface area contributed by atoms with Gasteiger partial charge in [0.05, 0.1) is 22.2 Å². The van der Waals surface area contributed by atoms with Crippen molar-refractivity contribution >= 4 is 57.3 Å². The molecule has 0 saturated heterocycles. The van der Waals surface area contributed by atoms with Crippen LogP contribution in [0.3, 0.4) is 0 Å². The lowest BCUT2D eigenvalue weighted by atomic mass is 10.2. The summed E-state index contributed by atoms with van der Waals surface area (Å²) in [5.41, 5.74) is 1.45. The van der Waals surface area contributed by atoms with Crippen LogP contribution in [0, 0.1) is 6.92 Å². The number of benzene rings is 1. The van der Waals surface area contributed by atoms with Gasteiger partial charge >= 0.3 is 0 Å². The Hall–Kier alpha value is -2.43. The van der Waals surface area contributed by atoms with E-state index in [1.807, 2.05) is 19.4 Å². The molecule has 29 heavy (non-hydrogen) atoms. The minimum Gasteiger partial charge on any atom is -0.325 e. The van der Waals surface area contributed by atoms with Crippen LogP contribution in [0.4, 0.5) is 10.8 Å². The molecule has 2 amide bonds. The average Bonchev–Trinajstić information content (AvgIpc) is 3.25. The summed E-state index contributed by atoms with van der Waals surface area (Å²) >= 11 is 8.71. The van der Waals surface area contributed by atoms with E-state index in [9.17, 15) is 9.59 Å². The summed E-state index contributed by atoms with van der Waals surface area (Å²) < 4.78 is 1.79. The van der Waals surface area contributed by atoms with Crippen molar-refractivity contribution < 1.29 is 9.59 Å². The van der Waals surface area contributed by atoms with E-state index in [0.717, 1.165) is 5.69 Å². The molecule has 0 aliphatic carbocycles. The third kappa shape index (κ3) is 6.02. The highest BCUT2D eigenvalue weighted by Crippen LogP contribution is 2.21. The molecule has 0 atom stereocenters. The van der Waals surface area contributed by atoms with Crippen LogP contribution >= 0.6 is 34.7 Å². The number of halogens is 1. The monoisotopic (exact) mass is 450 g/mol. The first-order valence-corrected chi connectivity index (χ1v) is 10.9. The molecule has 3 rings (SSSR count).